The van der Waals surface area contributed by atoms with E-state index in [1.807, 2.05) is 34.6 Å². The molecule has 1 aliphatic rings. The zero-order valence-corrected chi connectivity index (χ0v) is 16.1. The molecule has 0 aromatic carbocycles. The Morgan fingerprint density at radius 2 is 1.61 bits per heavy atom. The Kier molecular flexibility index (Phi) is 12.4. The maximum atomic E-state index is 11.5. The summed E-state index contributed by atoms with van der Waals surface area (Å²) >= 11 is 0. The first-order valence-electron chi connectivity index (χ1n) is 8.34. The number of rotatable bonds is 3. The SMILES string of the molecule is CC.CC(C)(O)O.COCC1CCC(NC(=O)OC(C)(C)C)C1. The highest BCUT2D eigenvalue weighted by molar-refractivity contribution is 5.68. The zero-order valence-electron chi connectivity index (χ0n) is 16.1. The third-order valence-electron chi connectivity index (χ3n) is 2.66. The number of alkyl carbamates (subject to hydrolysis) is 1. The van der Waals surface area contributed by atoms with Crippen molar-refractivity contribution in [1.82, 2.24) is 5.32 Å². The van der Waals surface area contributed by atoms with Gasteiger partial charge in [-0.15, -0.1) is 0 Å². The molecule has 23 heavy (non-hydrogen) atoms. The van der Waals surface area contributed by atoms with E-state index in [0.29, 0.717) is 5.92 Å². The lowest BCUT2D eigenvalue weighted by Gasteiger charge is -2.21. The summed E-state index contributed by atoms with van der Waals surface area (Å²) in [5.74, 6) is -0.926. The lowest BCUT2D eigenvalue weighted by Crippen LogP contribution is -2.38. The predicted molar refractivity (Wildman–Crippen MR) is 92.2 cm³/mol. The van der Waals surface area contributed by atoms with Gasteiger partial charge in [-0.05, 0) is 59.8 Å². The number of amides is 1. The summed E-state index contributed by atoms with van der Waals surface area (Å²) in [4.78, 5) is 11.5. The number of hydrogen-bond donors (Lipinski definition) is 3. The Labute approximate surface area is 141 Å². The molecule has 140 valence electrons. The van der Waals surface area contributed by atoms with Gasteiger partial charge in [0.15, 0.2) is 5.79 Å². The smallest absolute Gasteiger partial charge is 0.407 e. The molecule has 1 saturated carbocycles. The van der Waals surface area contributed by atoms with Gasteiger partial charge in [-0.3, -0.25) is 0 Å². The molecule has 0 radical (unpaired) electrons. The third kappa shape index (κ3) is 19.1. The van der Waals surface area contributed by atoms with E-state index >= 15 is 0 Å². The van der Waals surface area contributed by atoms with Gasteiger partial charge in [0.25, 0.3) is 0 Å². The van der Waals surface area contributed by atoms with E-state index in [9.17, 15) is 4.79 Å². The molecule has 0 aliphatic heterocycles. The van der Waals surface area contributed by atoms with Crippen molar-refractivity contribution >= 4 is 6.09 Å². The Bertz CT molecular complexity index is 301. The molecule has 0 spiro atoms. The van der Waals surface area contributed by atoms with Crippen molar-refractivity contribution in [2.45, 2.75) is 85.2 Å². The third-order valence-corrected chi connectivity index (χ3v) is 2.66. The zero-order chi connectivity index (χ0) is 18.7. The highest BCUT2D eigenvalue weighted by atomic mass is 16.6. The van der Waals surface area contributed by atoms with Gasteiger partial charge >= 0.3 is 6.09 Å². The summed E-state index contributed by atoms with van der Waals surface area (Å²) in [6.45, 7) is 13.0. The number of methoxy groups -OCH3 is 1. The van der Waals surface area contributed by atoms with Crippen LogP contribution in [0.1, 0.15) is 67.7 Å². The van der Waals surface area contributed by atoms with E-state index in [4.69, 9.17) is 19.7 Å². The van der Waals surface area contributed by atoms with E-state index in [-0.39, 0.29) is 12.1 Å². The van der Waals surface area contributed by atoms with Gasteiger partial charge in [-0.25, -0.2) is 4.79 Å². The molecule has 0 saturated heterocycles. The molecule has 0 aromatic heterocycles. The summed E-state index contributed by atoms with van der Waals surface area (Å²) in [7, 11) is 1.72. The summed E-state index contributed by atoms with van der Waals surface area (Å²) < 4.78 is 10.3. The molecular formula is C17H37NO5. The molecule has 1 rings (SSSR count). The number of nitrogens with one attached hydrogen (secondary N) is 1. The van der Waals surface area contributed by atoms with Gasteiger partial charge in [-0.1, -0.05) is 13.8 Å². The van der Waals surface area contributed by atoms with Crippen molar-refractivity contribution in [3.8, 4) is 0 Å². The summed E-state index contributed by atoms with van der Waals surface area (Å²) in [5.41, 5.74) is -0.422. The summed E-state index contributed by atoms with van der Waals surface area (Å²) in [5, 5.41) is 19.1. The van der Waals surface area contributed by atoms with Gasteiger partial charge in [0.2, 0.25) is 0 Å². The van der Waals surface area contributed by atoms with E-state index in [2.05, 4.69) is 5.32 Å². The predicted octanol–water partition coefficient (Wildman–Crippen LogP) is 3.06. The van der Waals surface area contributed by atoms with Crippen LogP contribution < -0.4 is 5.32 Å². The molecule has 2 atom stereocenters. The molecule has 0 heterocycles. The van der Waals surface area contributed by atoms with Gasteiger partial charge in [-0.2, -0.15) is 0 Å². The molecule has 1 aliphatic carbocycles. The maximum Gasteiger partial charge on any atom is 0.407 e. The minimum absolute atomic E-state index is 0.245. The number of carbonyl (C=O) groups is 1. The fraction of sp³-hybridized carbons (Fsp3) is 0.941. The monoisotopic (exact) mass is 335 g/mol. The van der Waals surface area contributed by atoms with Crippen molar-refractivity contribution in [3.63, 3.8) is 0 Å². The quantitative estimate of drug-likeness (QED) is 0.690. The van der Waals surface area contributed by atoms with E-state index in [0.717, 1.165) is 25.9 Å². The normalized spacial score (nSPS) is 20.6. The number of hydrogen-bond acceptors (Lipinski definition) is 5. The summed E-state index contributed by atoms with van der Waals surface area (Å²) in [6, 6.07) is 0.245. The van der Waals surface area contributed by atoms with Crippen LogP contribution in [0.4, 0.5) is 4.79 Å². The fourth-order valence-electron chi connectivity index (χ4n) is 2.07. The van der Waals surface area contributed by atoms with E-state index < -0.39 is 11.4 Å². The molecule has 1 fully saturated rings. The minimum atomic E-state index is -1.50. The second-order valence-electron chi connectivity index (χ2n) is 6.97. The van der Waals surface area contributed by atoms with Crippen LogP contribution in [-0.2, 0) is 9.47 Å². The summed E-state index contributed by atoms with van der Waals surface area (Å²) in [6.07, 6.45) is 2.82. The fourth-order valence-corrected chi connectivity index (χ4v) is 2.07. The van der Waals surface area contributed by atoms with Crippen molar-refractivity contribution < 1.29 is 24.5 Å². The number of carbonyl (C=O) groups excluding carboxylic acids is 1. The lowest BCUT2D eigenvalue weighted by molar-refractivity contribution is -0.127. The van der Waals surface area contributed by atoms with E-state index in [1.54, 1.807) is 7.11 Å². The molecule has 1 amide bonds. The minimum Gasteiger partial charge on any atom is -0.444 e. The molecule has 2 unspecified atom stereocenters. The second kappa shape index (κ2) is 11.6. The van der Waals surface area contributed by atoms with Crippen molar-refractivity contribution in [3.05, 3.63) is 0 Å². The van der Waals surface area contributed by atoms with Gasteiger partial charge in [0, 0.05) is 19.8 Å². The molecule has 0 bridgehead atoms. The standard InChI is InChI=1S/C12H23NO3.C3H8O2.C2H6/c1-12(2,3)16-11(14)13-10-6-5-9(7-10)8-15-4;1-3(2,4)5;1-2/h9-10H,5-8H2,1-4H3,(H,13,14);4-5H,1-2H3;1-2H3. The first-order valence-corrected chi connectivity index (χ1v) is 8.34. The van der Waals surface area contributed by atoms with Crippen molar-refractivity contribution in [1.29, 1.82) is 0 Å². The van der Waals surface area contributed by atoms with Crippen LogP contribution in [-0.4, -0.2) is 47.5 Å². The van der Waals surface area contributed by atoms with E-state index in [1.165, 1.54) is 13.8 Å². The largest absolute Gasteiger partial charge is 0.444 e. The van der Waals surface area contributed by atoms with Crippen molar-refractivity contribution in [2.75, 3.05) is 13.7 Å². The van der Waals surface area contributed by atoms with Crippen LogP contribution in [0.3, 0.4) is 0 Å². The van der Waals surface area contributed by atoms with Crippen molar-refractivity contribution in [2.24, 2.45) is 5.92 Å². The van der Waals surface area contributed by atoms with Gasteiger partial charge < -0.3 is 25.0 Å². The van der Waals surface area contributed by atoms with Gasteiger partial charge in [0.1, 0.15) is 5.60 Å². The molecule has 6 nitrogen and oxygen atoms in total. The average molecular weight is 335 g/mol. The van der Waals surface area contributed by atoms with Crippen LogP contribution in [0.15, 0.2) is 0 Å². The molecule has 0 aromatic rings. The molecular weight excluding hydrogens is 298 g/mol. The molecule has 3 N–H and O–H groups in total. The Hall–Kier alpha value is -0.850. The Morgan fingerprint density at radius 1 is 1.13 bits per heavy atom. The number of aliphatic hydroxyl groups is 2. The number of ether oxygens (including phenoxy) is 2. The first-order chi connectivity index (χ1) is 10.4. The lowest BCUT2D eigenvalue weighted by atomic mass is 10.1. The van der Waals surface area contributed by atoms with Crippen LogP contribution in [0.5, 0.6) is 0 Å². The highest BCUT2D eigenvalue weighted by Gasteiger charge is 2.27. The Balaban J connectivity index is 0. The topological polar surface area (TPSA) is 88.0 Å². The van der Waals surface area contributed by atoms with Crippen LogP contribution >= 0.6 is 0 Å². The average Bonchev–Trinajstić information content (AvgIpc) is 2.75. The van der Waals surface area contributed by atoms with Crippen LogP contribution in [0.25, 0.3) is 0 Å². The van der Waals surface area contributed by atoms with Crippen LogP contribution in [0.2, 0.25) is 0 Å². The second-order valence-corrected chi connectivity index (χ2v) is 6.97. The maximum absolute atomic E-state index is 11.5. The van der Waals surface area contributed by atoms with Crippen LogP contribution in [0, 0.1) is 5.92 Å². The molecule has 6 heteroatoms. The van der Waals surface area contributed by atoms with Gasteiger partial charge in [0.05, 0.1) is 0 Å². The highest BCUT2D eigenvalue weighted by Crippen LogP contribution is 2.25. The first kappa shape index (κ1) is 24.4. The Morgan fingerprint density at radius 3 is 2.00 bits per heavy atom.